The average molecular weight is 167 g/mol. The van der Waals surface area contributed by atoms with Gasteiger partial charge in [0.05, 0.1) is 0 Å². The summed E-state index contributed by atoms with van der Waals surface area (Å²) in [7, 11) is 8.05. The number of hydrogen-bond donors (Lipinski definition) is 0. The molecule has 2 heteroatoms. The van der Waals surface area contributed by atoms with Crippen LogP contribution in [0.2, 0.25) is 0 Å². The van der Waals surface area contributed by atoms with Gasteiger partial charge in [-0.15, -0.1) is 0 Å². The Morgan fingerprint density at radius 3 is 2.25 bits per heavy atom. The highest BCUT2D eigenvalue weighted by atomic mass is 15.0. The molecule has 0 aromatic rings. The lowest BCUT2D eigenvalue weighted by atomic mass is 10.3. The molecule has 0 aliphatic rings. The molecule has 12 heavy (non-hydrogen) atoms. The summed E-state index contributed by atoms with van der Waals surface area (Å²) in [4.78, 5) is 2.02. The molecule has 0 atom stereocenters. The van der Waals surface area contributed by atoms with Crippen LogP contribution >= 0.6 is 0 Å². The van der Waals surface area contributed by atoms with Gasteiger partial charge in [-0.25, -0.2) is 4.58 Å². The van der Waals surface area contributed by atoms with Gasteiger partial charge in [-0.1, -0.05) is 0 Å². The molecule has 0 amide bonds. The molecular weight excluding hydrogens is 148 g/mol. The molecule has 0 aromatic heterocycles. The van der Waals surface area contributed by atoms with E-state index in [0.29, 0.717) is 0 Å². The molecule has 0 rings (SSSR count). The van der Waals surface area contributed by atoms with Crippen molar-refractivity contribution in [2.24, 2.45) is 0 Å². The first kappa shape index (κ1) is 11.0. The normalized spacial score (nSPS) is 11.9. The second-order valence-electron chi connectivity index (χ2n) is 3.30. The predicted molar refractivity (Wildman–Crippen MR) is 54.8 cm³/mol. The zero-order valence-corrected chi connectivity index (χ0v) is 8.70. The SMILES string of the molecule is CC(=CC=[N+](C)C)/C=C/N(C)C. The minimum absolute atomic E-state index is 1.25. The van der Waals surface area contributed by atoms with Crippen LogP contribution < -0.4 is 0 Å². The van der Waals surface area contributed by atoms with E-state index in [4.69, 9.17) is 0 Å². The third kappa shape index (κ3) is 7.06. The fourth-order valence-electron chi connectivity index (χ4n) is 0.589. The lowest BCUT2D eigenvalue weighted by molar-refractivity contribution is -0.458. The van der Waals surface area contributed by atoms with Gasteiger partial charge in [0.15, 0.2) is 6.21 Å². The Morgan fingerprint density at radius 1 is 1.25 bits per heavy atom. The van der Waals surface area contributed by atoms with E-state index < -0.39 is 0 Å². The van der Waals surface area contributed by atoms with Crippen LogP contribution in [0, 0.1) is 0 Å². The highest BCUT2D eigenvalue weighted by molar-refractivity contribution is 5.68. The molecule has 0 fully saturated rings. The van der Waals surface area contributed by atoms with Crippen molar-refractivity contribution in [2.45, 2.75) is 6.92 Å². The van der Waals surface area contributed by atoms with E-state index in [1.54, 1.807) is 0 Å². The van der Waals surface area contributed by atoms with Crippen molar-refractivity contribution in [1.29, 1.82) is 0 Å². The summed E-state index contributed by atoms with van der Waals surface area (Å²) in [6.45, 7) is 2.08. The molecule has 0 saturated carbocycles. The molecule has 0 spiro atoms. The lowest BCUT2D eigenvalue weighted by Crippen LogP contribution is -2.00. The highest BCUT2D eigenvalue weighted by Crippen LogP contribution is 1.93. The monoisotopic (exact) mass is 167 g/mol. The van der Waals surface area contributed by atoms with Crippen LogP contribution in [0.3, 0.4) is 0 Å². The van der Waals surface area contributed by atoms with E-state index in [9.17, 15) is 0 Å². The minimum atomic E-state index is 1.25. The zero-order valence-electron chi connectivity index (χ0n) is 8.70. The topological polar surface area (TPSA) is 6.25 Å². The third-order valence-corrected chi connectivity index (χ3v) is 1.27. The predicted octanol–water partition coefficient (Wildman–Crippen LogP) is 1.35. The number of allylic oxidation sites excluding steroid dienone is 3. The fraction of sp³-hybridized carbons (Fsp3) is 0.500. The van der Waals surface area contributed by atoms with E-state index in [2.05, 4.69) is 19.1 Å². The molecule has 68 valence electrons. The lowest BCUT2D eigenvalue weighted by Gasteiger charge is -2.02. The summed E-state index contributed by atoms with van der Waals surface area (Å²) in [6, 6.07) is 0. The maximum Gasteiger partial charge on any atom is 0.163 e. The van der Waals surface area contributed by atoms with Crippen LogP contribution in [0.15, 0.2) is 23.9 Å². The van der Waals surface area contributed by atoms with Crippen LogP contribution in [0.1, 0.15) is 6.92 Å². The second kappa shape index (κ2) is 5.58. The maximum atomic E-state index is 2.08. The molecule has 0 saturated heterocycles. The van der Waals surface area contributed by atoms with Gasteiger partial charge < -0.3 is 4.90 Å². The Morgan fingerprint density at radius 2 is 1.83 bits per heavy atom. The van der Waals surface area contributed by atoms with Crippen LogP contribution in [0.25, 0.3) is 0 Å². The van der Waals surface area contributed by atoms with Gasteiger partial charge in [-0.05, 0) is 24.8 Å². The molecule has 0 heterocycles. The molecule has 0 N–H and O–H groups in total. The largest absolute Gasteiger partial charge is 0.383 e. The van der Waals surface area contributed by atoms with Crippen molar-refractivity contribution in [3.8, 4) is 0 Å². The molecule has 0 bridgehead atoms. The number of hydrogen-bond acceptors (Lipinski definition) is 1. The Bertz CT molecular complexity index is 206. The molecule has 0 aliphatic carbocycles. The summed E-state index contributed by atoms with van der Waals surface area (Å²) in [5.74, 6) is 0. The smallest absolute Gasteiger partial charge is 0.163 e. The van der Waals surface area contributed by atoms with E-state index in [1.807, 2.05) is 50.1 Å². The summed E-state index contributed by atoms with van der Waals surface area (Å²) in [6.07, 6.45) is 8.24. The van der Waals surface area contributed by atoms with E-state index in [-0.39, 0.29) is 0 Å². The molecule has 0 aliphatic heterocycles. The number of rotatable bonds is 3. The fourth-order valence-corrected chi connectivity index (χ4v) is 0.589. The third-order valence-electron chi connectivity index (χ3n) is 1.27. The summed E-state index contributed by atoms with van der Waals surface area (Å²) < 4.78 is 2.02. The van der Waals surface area contributed by atoms with E-state index in [1.165, 1.54) is 5.57 Å². The minimum Gasteiger partial charge on any atom is -0.383 e. The zero-order chi connectivity index (χ0) is 9.56. The van der Waals surface area contributed by atoms with Crippen molar-refractivity contribution in [2.75, 3.05) is 28.2 Å². The average Bonchev–Trinajstić information content (AvgIpc) is 1.96. The Balaban J connectivity index is 4.12. The first-order valence-electron chi connectivity index (χ1n) is 4.05. The highest BCUT2D eigenvalue weighted by Gasteiger charge is 1.83. The second-order valence-corrected chi connectivity index (χ2v) is 3.30. The van der Waals surface area contributed by atoms with E-state index >= 15 is 0 Å². The van der Waals surface area contributed by atoms with Gasteiger partial charge in [0.25, 0.3) is 0 Å². The first-order chi connectivity index (χ1) is 5.52. The van der Waals surface area contributed by atoms with Gasteiger partial charge in [0, 0.05) is 20.2 Å². The van der Waals surface area contributed by atoms with Crippen molar-refractivity contribution in [3.63, 3.8) is 0 Å². The Kier molecular flexibility index (Phi) is 5.09. The first-order valence-corrected chi connectivity index (χ1v) is 4.05. The van der Waals surface area contributed by atoms with Crippen LogP contribution in [0.5, 0.6) is 0 Å². The molecule has 0 unspecified atom stereocenters. The number of nitrogens with zero attached hydrogens (tertiary/aromatic N) is 2. The van der Waals surface area contributed by atoms with Crippen LogP contribution in [0.4, 0.5) is 0 Å². The quantitative estimate of drug-likeness (QED) is 0.349. The standard InChI is InChI=1S/C10H19N2/c1-10(6-8-11(2)3)7-9-12(4)5/h6-9H,1-5H3/q+1. The van der Waals surface area contributed by atoms with Crippen LogP contribution in [-0.4, -0.2) is 43.9 Å². The molecule has 2 nitrogen and oxygen atoms in total. The van der Waals surface area contributed by atoms with Gasteiger partial charge in [-0.3, -0.25) is 0 Å². The van der Waals surface area contributed by atoms with Crippen molar-refractivity contribution < 1.29 is 4.58 Å². The Labute approximate surface area is 75.5 Å². The van der Waals surface area contributed by atoms with Crippen molar-refractivity contribution >= 4 is 6.21 Å². The van der Waals surface area contributed by atoms with Crippen molar-refractivity contribution in [1.82, 2.24) is 4.90 Å². The molecular formula is C10H19N2+. The van der Waals surface area contributed by atoms with Crippen LogP contribution in [-0.2, 0) is 0 Å². The van der Waals surface area contributed by atoms with Crippen molar-refractivity contribution in [3.05, 3.63) is 23.9 Å². The van der Waals surface area contributed by atoms with Gasteiger partial charge in [-0.2, -0.15) is 0 Å². The summed E-state index contributed by atoms with van der Waals surface area (Å²) >= 11 is 0. The maximum absolute atomic E-state index is 2.08. The van der Waals surface area contributed by atoms with Gasteiger partial charge >= 0.3 is 0 Å². The van der Waals surface area contributed by atoms with Gasteiger partial charge in [0.1, 0.15) is 14.1 Å². The van der Waals surface area contributed by atoms with Gasteiger partial charge in [0.2, 0.25) is 0 Å². The molecule has 0 aromatic carbocycles. The van der Waals surface area contributed by atoms with E-state index in [0.717, 1.165) is 0 Å². The Hall–Kier alpha value is -1.05. The summed E-state index contributed by atoms with van der Waals surface area (Å²) in [5.41, 5.74) is 1.25. The molecule has 0 radical (unpaired) electrons. The summed E-state index contributed by atoms with van der Waals surface area (Å²) in [5, 5.41) is 0.